The van der Waals surface area contributed by atoms with Crippen molar-refractivity contribution in [3.63, 3.8) is 0 Å². The second kappa shape index (κ2) is 11.4. The smallest absolute Gasteiger partial charge is 0.466 e. The lowest BCUT2D eigenvalue weighted by Crippen LogP contribution is -2.24. The number of carbonyl (C=O) groups excluding carboxylic acids is 1. The number of benzene rings is 2. The Kier molecular flexibility index (Phi) is 8.61. The van der Waals surface area contributed by atoms with E-state index in [1.165, 1.54) is 12.1 Å². The Morgan fingerprint density at radius 2 is 1.74 bits per heavy atom. The summed E-state index contributed by atoms with van der Waals surface area (Å²) in [4.78, 5) is 27.2. The number of hydrogen-bond donors (Lipinski definition) is 2. The molecule has 34 heavy (non-hydrogen) atoms. The van der Waals surface area contributed by atoms with E-state index in [-0.39, 0.29) is 6.61 Å². The lowest BCUT2D eigenvalue weighted by molar-refractivity contribution is -0.145. The molecule has 0 radical (unpaired) electrons. The number of rotatable bonds is 9. The Morgan fingerprint density at radius 3 is 2.29 bits per heavy atom. The molecule has 0 aliphatic rings. The number of aromatic nitrogens is 1. The molecule has 6 nitrogen and oxygen atoms in total. The van der Waals surface area contributed by atoms with E-state index in [2.05, 4.69) is 0 Å². The molecule has 3 rings (SSSR count). The number of ether oxygens (including phenoxy) is 1. The molecular weight excluding hydrogens is 456 g/mol. The Hall–Kier alpha value is -2.99. The zero-order valence-electron chi connectivity index (χ0n) is 19.4. The number of hydrogen-bond acceptors (Lipinski definition) is 5. The first kappa shape index (κ1) is 25.6. The summed E-state index contributed by atoms with van der Waals surface area (Å²) in [6, 6.07) is 15.3. The quantitative estimate of drug-likeness (QED) is 0.307. The molecule has 2 aromatic carbocycles. The number of aryl methyl sites for hydroxylation is 1. The van der Waals surface area contributed by atoms with Gasteiger partial charge in [0.15, 0.2) is 0 Å². The normalized spacial score (nSPS) is 13.3. The molecule has 1 aromatic heterocycles. The summed E-state index contributed by atoms with van der Waals surface area (Å²) >= 11 is 0. The van der Waals surface area contributed by atoms with Gasteiger partial charge >= 0.3 is 14.0 Å². The maximum absolute atomic E-state index is 13.7. The van der Waals surface area contributed by atoms with Crippen molar-refractivity contribution in [1.82, 2.24) is 4.98 Å². The van der Waals surface area contributed by atoms with Crippen molar-refractivity contribution in [2.45, 2.75) is 45.4 Å². The van der Waals surface area contributed by atoms with Gasteiger partial charge < -0.3 is 9.84 Å². The van der Waals surface area contributed by atoms with Crippen LogP contribution in [-0.2, 0) is 20.5 Å². The molecule has 2 N–H and O–H groups in total. The highest BCUT2D eigenvalue weighted by Gasteiger charge is 2.43. The van der Waals surface area contributed by atoms with E-state index in [1.807, 2.05) is 44.2 Å². The average molecular weight is 484 g/mol. The van der Waals surface area contributed by atoms with Gasteiger partial charge in [0.1, 0.15) is 11.9 Å². The fraction of sp³-hybridized carbons (Fsp3) is 0.308. The highest BCUT2D eigenvalue weighted by atomic mass is 31.1. The van der Waals surface area contributed by atoms with Crippen LogP contribution in [0.1, 0.15) is 42.7 Å². The van der Waals surface area contributed by atoms with E-state index in [1.54, 1.807) is 19.1 Å². The number of aliphatic hydroxyl groups is 1. The molecule has 3 unspecified atom stereocenters. The molecule has 0 bridgehead atoms. The fourth-order valence-electron chi connectivity index (χ4n) is 4.15. The third kappa shape index (κ3) is 5.55. The van der Waals surface area contributed by atoms with Gasteiger partial charge in [-0.1, -0.05) is 49.4 Å². The Morgan fingerprint density at radius 1 is 1.09 bits per heavy atom. The largest absolute Gasteiger partial charge is 0.516 e. The second-order valence-electron chi connectivity index (χ2n) is 7.87. The van der Waals surface area contributed by atoms with Crippen LogP contribution in [0.5, 0.6) is 0 Å². The average Bonchev–Trinajstić information content (AvgIpc) is 2.81. The van der Waals surface area contributed by atoms with Crippen LogP contribution in [0.15, 0.2) is 54.6 Å². The maximum Gasteiger partial charge on any atom is 0.516 e. The molecule has 0 fully saturated rings. The highest BCUT2D eigenvalue weighted by molar-refractivity contribution is 7.38. The third-order valence-corrected chi connectivity index (χ3v) is 6.73. The fourth-order valence-corrected chi connectivity index (χ4v) is 5.05. The number of carbonyl (C=O) groups is 1. The molecule has 1 heterocycles. The van der Waals surface area contributed by atoms with Gasteiger partial charge in [-0.05, 0) is 53.7 Å². The Labute approximate surface area is 199 Å². The standard InChI is InChI=1S/C26H27FNO5P/c1-4-20-24(26(34(31)32)21(29)15-22(30)33-5-2)23(17-11-13-19(27)14-12-17)16(3)25(28-20)18-9-7-6-8-10-18/h6-14,21,26,29H,4-5,15H2,1-3H3/p+1. The van der Waals surface area contributed by atoms with E-state index >= 15 is 0 Å². The lowest BCUT2D eigenvalue weighted by Gasteiger charge is -2.23. The molecule has 178 valence electrons. The number of halogens is 1. The summed E-state index contributed by atoms with van der Waals surface area (Å²) in [6.07, 6.45) is -1.50. The molecule has 0 amide bonds. The van der Waals surface area contributed by atoms with Gasteiger partial charge in [-0.2, -0.15) is 4.89 Å². The Balaban J connectivity index is 2.31. The summed E-state index contributed by atoms with van der Waals surface area (Å²) < 4.78 is 31.3. The number of esters is 1. The summed E-state index contributed by atoms with van der Waals surface area (Å²) in [6.45, 7) is 5.49. The summed E-state index contributed by atoms with van der Waals surface area (Å²) in [5.41, 5.74) is 3.10. The van der Waals surface area contributed by atoms with Crippen molar-refractivity contribution in [2.24, 2.45) is 0 Å². The predicted molar refractivity (Wildman–Crippen MR) is 129 cm³/mol. The van der Waals surface area contributed by atoms with E-state index < -0.39 is 38.0 Å². The van der Waals surface area contributed by atoms with Crippen LogP contribution in [0.2, 0.25) is 0 Å². The van der Waals surface area contributed by atoms with Crippen LogP contribution in [0, 0.1) is 12.7 Å². The minimum Gasteiger partial charge on any atom is -0.466 e. The molecule has 8 heteroatoms. The summed E-state index contributed by atoms with van der Waals surface area (Å²) in [7, 11) is -2.95. The zero-order valence-corrected chi connectivity index (χ0v) is 20.3. The number of pyridine rings is 1. The van der Waals surface area contributed by atoms with Crippen LogP contribution in [0.3, 0.4) is 0 Å². The van der Waals surface area contributed by atoms with Gasteiger partial charge in [0.25, 0.3) is 0 Å². The van der Waals surface area contributed by atoms with Crippen LogP contribution >= 0.6 is 8.03 Å². The number of aliphatic hydroxyl groups excluding tert-OH is 1. The Bertz CT molecular complexity index is 1170. The molecule has 0 spiro atoms. The summed E-state index contributed by atoms with van der Waals surface area (Å²) in [5.74, 6) is -1.08. The molecule has 3 atom stereocenters. The minimum absolute atomic E-state index is 0.134. The first-order valence-electron chi connectivity index (χ1n) is 11.1. The van der Waals surface area contributed by atoms with Crippen molar-refractivity contribution in [1.29, 1.82) is 0 Å². The first-order chi connectivity index (χ1) is 16.3. The van der Waals surface area contributed by atoms with Crippen LogP contribution in [0.4, 0.5) is 4.39 Å². The van der Waals surface area contributed by atoms with Crippen LogP contribution in [-0.4, -0.2) is 33.7 Å². The summed E-state index contributed by atoms with van der Waals surface area (Å²) in [5, 5.41) is 10.9. The lowest BCUT2D eigenvalue weighted by atomic mass is 9.87. The number of nitrogens with zero attached hydrogens (tertiary/aromatic N) is 1. The minimum atomic E-state index is -2.95. The SMILES string of the molecule is CCOC(=O)CC(O)C(c1c(CC)nc(-c2ccccc2)c(C)c1-c1ccc(F)cc1)[P+](=O)O. The molecule has 0 aliphatic heterocycles. The van der Waals surface area contributed by atoms with Crippen LogP contribution in [0.25, 0.3) is 22.4 Å². The predicted octanol–water partition coefficient (Wildman–Crippen LogP) is 5.52. The second-order valence-corrected chi connectivity index (χ2v) is 9.03. The topological polar surface area (TPSA) is 96.7 Å². The molecule has 0 aliphatic carbocycles. The van der Waals surface area contributed by atoms with E-state index in [0.717, 1.165) is 11.1 Å². The third-order valence-electron chi connectivity index (χ3n) is 5.65. The van der Waals surface area contributed by atoms with Crippen LogP contribution < -0.4 is 0 Å². The maximum atomic E-state index is 13.7. The van der Waals surface area contributed by atoms with Gasteiger partial charge in [0.05, 0.1) is 18.7 Å². The van der Waals surface area contributed by atoms with Crippen molar-refractivity contribution < 1.29 is 28.5 Å². The van der Waals surface area contributed by atoms with Crippen molar-refractivity contribution >= 4 is 14.0 Å². The molecule has 3 aromatic rings. The van der Waals surface area contributed by atoms with Crippen molar-refractivity contribution in [2.75, 3.05) is 6.61 Å². The van der Waals surface area contributed by atoms with Crippen molar-refractivity contribution in [3.8, 4) is 22.4 Å². The van der Waals surface area contributed by atoms with E-state index in [4.69, 9.17) is 9.72 Å². The van der Waals surface area contributed by atoms with E-state index in [0.29, 0.717) is 34.5 Å². The first-order valence-corrected chi connectivity index (χ1v) is 12.4. The monoisotopic (exact) mass is 484 g/mol. The highest BCUT2D eigenvalue weighted by Crippen LogP contribution is 2.48. The van der Waals surface area contributed by atoms with Gasteiger partial charge in [-0.15, -0.1) is 0 Å². The molecular formula is C26H28FNO5P+. The zero-order chi connectivity index (χ0) is 24.8. The van der Waals surface area contributed by atoms with Gasteiger partial charge in [-0.3, -0.25) is 9.78 Å². The molecule has 0 saturated carbocycles. The van der Waals surface area contributed by atoms with Gasteiger partial charge in [-0.25, -0.2) is 4.39 Å². The van der Waals surface area contributed by atoms with Gasteiger partial charge in [0, 0.05) is 16.8 Å². The van der Waals surface area contributed by atoms with E-state index in [9.17, 15) is 23.7 Å². The van der Waals surface area contributed by atoms with Crippen molar-refractivity contribution in [3.05, 3.63) is 77.2 Å². The molecule has 0 saturated heterocycles. The van der Waals surface area contributed by atoms with Gasteiger partial charge in [0.2, 0.25) is 5.66 Å².